The minimum absolute atomic E-state index is 0.156. The summed E-state index contributed by atoms with van der Waals surface area (Å²) in [6.45, 7) is 1.69. The Morgan fingerprint density at radius 1 is 1.22 bits per heavy atom. The fraction of sp³-hybridized carbons (Fsp3) is 0.636. The highest BCUT2D eigenvalue weighted by molar-refractivity contribution is 5.20. The monoisotopic (exact) mass is 256 g/mol. The lowest BCUT2D eigenvalue weighted by Gasteiger charge is -2.16. The number of nitrogens with one attached hydrogen (secondary N) is 1. The first-order valence-corrected chi connectivity index (χ1v) is 5.71. The molecule has 1 atom stereocenters. The van der Waals surface area contributed by atoms with Crippen molar-refractivity contribution in [2.75, 3.05) is 34.0 Å². The van der Waals surface area contributed by atoms with Crippen molar-refractivity contribution < 1.29 is 14.2 Å². The Morgan fingerprint density at radius 2 is 2.00 bits per heavy atom. The summed E-state index contributed by atoms with van der Waals surface area (Å²) >= 11 is 0. The van der Waals surface area contributed by atoms with Gasteiger partial charge in [-0.2, -0.15) is 0 Å². The average molecular weight is 256 g/mol. The second-order valence-electron chi connectivity index (χ2n) is 3.56. The third kappa shape index (κ3) is 4.53. The molecule has 0 amide bonds. The molecule has 0 bridgehead atoms. The molecule has 0 saturated heterocycles. The van der Waals surface area contributed by atoms with Gasteiger partial charge in [0.15, 0.2) is 0 Å². The topological polar surface area (TPSA) is 91.5 Å². The van der Waals surface area contributed by atoms with Gasteiger partial charge in [-0.05, 0) is 6.42 Å². The van der Waals surface area contributed by atoms with Gasteiger partial charge in [0.1, 0.15) is 5.69 Å². The molecule has 0 aliphatic rings. The third-order valence-electron chi connectivity index (χ3n) is 2.40. The zero-order chi connectivity index (χ0) is 13.2. The van der Waals surface area contributed by atoms with Crippen LogP contribution in [0.15, 0.2) is 12.4 Å². The number of methoxy groups -OCH3 is 2. The Kier molecular flexibility index (Phi) is 7.19. The summed E-state index contributed by atoms with van der Waals surface area (Å²) in [5.74, 6) is 5.99. The fourth-order valence-corrected chi connectivity index (χ4v) is 1.48. The van der Waals surface area contributed by atoms with E-state index in [9.17, 15) is 0 Å². The summed E-state index contributed by atoms with van der Waals surface area (Å²) in [6.07, 6.45) is 3.86. The van der Waals surface area contributed by atoms with Crippen LogP contribution in [0.1, 0.15) is 18.2 Å². The maximum absolute atomic E-state index is 5.52. The number of aromatic nitrogens is 2. The minimum Gasteiger partial charge on any atom is -0.480 e. The van der Waals surface area contributed by atoms with Crippen molar-refractivity contribution >= 4 is 0 Å². The molecule has 1 aromatic heterocycles. The van der Waals surface area contributed by atoms with E-state index in [1.54, 1.807) is 26.6 Å². The second-order valence-corrected chi connectivity index (χ2v) is 3.56. The van der Waals surface area contributed by atoms with Crippen LogP contribution in [-0.2, 0) is 9.47 Å². The predicted octanol–water partition coefficient (Wildman–Crippen LogP) is 0.0427. The maximum Gasteiger partial charge on any atom is 0.237 e. The maximum atomic E-state index is 5.52. The van der Waals surface area contributed by atoms with E-state index < -0.39 is 0 Å². The Labute approximate surface area is 107 Å². The van der Waals surface area contributed by atoms with E-state index in [0.717, 1.165) is 0 Å². The van der Waals surface area contributed by atoms with Crippen molar-refractivity contribution in [2.24, 2.45) is 5.84 Å². The lowest BCUT2D eigenvalue weighted by atomic mass is 10.1. The molecule has 0 fully saturated rings. The second kappa shape index (κ2) is 8.76. The number of rotatable bonds is 9. The lowest BCUT2D eigenvalue weighted by Crippen LogP contribution is -2.30. The molecule has 18 heavy (non-hydrogen) atoms. The highest BCUT2D eigenvalue weighted by Gasteiger charge is 2.16. The standard InChI is InChI=1S/C11H20N4O3/c1-16-7-8-18-6-3-9(15-12)10-11(17-2)14-5-4-13-10/h4-5,9,15H,3,6-8,12H2,1-2H3. The van der Waals surface area contributed by atoms with Gasteiger partial charge < -0.3 is 14.2 Å². The molecule has 1 heterocycles. The Hall–Kier alpha value is -1.28. The zero-order valence-corrected chi connectivity index (χ0v) is 10.8. The van der Waals surface area contributed by atoms with E-state index >= 15 is 0 Å². The molecule has 7 nitrogen and oxygen atoms in total. The molecular formula is C11H20N4O3. The Morgan fingerprint density at radius 3 is 2.67 bits per heavy atom. The van der Waals surface area contributed by atoms with Crippen LogP contribution in [0, 0.1) is 0 Å². The van der Waals surface area contributed by atoms with Crippen LogP contribution in [0.5, 0.6) is 5.88 Å². The molecule has 3 N–H and O–H groups in total. The van der Waals surface area contributed by atoms with Crippen LogP contribution in [0.3, 0.4) is 0 Å². The van der Waals surface area contributed by atoms with Gasteiger partial charge in [-0.25, -0.2) is 4.98 Å². The third-order valence-corrected chi connectivity index (χ3v) is 2.40. The van der Waals surface area contributed by atoms with E-state index in [-0.39, 0.29) is 6.04 Å². The summed E-state index contributed by atoms with van der Waals surface area (Å²) in [6, 6.07) is -0.156. The van der Waals surface area contributed by atoms with Crippen LogP contribution >= 0.6 is 0 Å². The van der Waals surface area contributed by atoms with Crippen LogP contribution in [0.25, 0.3) is 0 Å². The molecule has 0 aliphatic heterocycles. The Bertz CT molecular complexity index is 338. The first-order valence-electron chi connectivity index (χ1n) is 5.71. The van der Waals surface area contributed by atoms with Crippen molar-refractivity contribution in [3.63, 3.8) is 0 Å². The SMILES string of the molecule is COCCOCCC(NN)c1nccnc1OC. The van der Waals surface area contributed by atoms with Gasteiger partial charge in [0.2, 0.25) is 5.88 Å². The highest BCUT2D eigenvalue weighted by atomic mass is 16.5. The van der Waals surface area contributed by atoms with Crippen LogP contribution in [0.4, 0.5) is 0 Å². The molecule has 1 aromatic rings. The van der Waals surface area contributed by atoms with E-state index in [4.69, 9.17) is 20.1 Å². The van der Waals surface area contributed by atoms with E-state index in [1.807, 2.05) is 0 Å². The summed E-state index contributed by atoms with van der Waals surface area (Å²) in [5, 5.41) is 0. The smallest absolute Gasteiger partial charge is 0.237 e. The molecule has 7 heteroatoms. The number of ether oxygens (including phenoxy) is 3. The van der Waals surface area contributed by atoms with Gasteiger partial charge in [0.05, 0.1) is 26.4 Å². The Balaban J connectivity index is 2.49. The van der Waals surface area contributed by atoms with Crippen LogP contribution in [0.2, 0.25) is 0 Å². The van der Waals surface area contributed by atoms with Gasteiger partial charge in [0, 0.05) is 26.1 Å². The normalized spacial score (nSPS) is 12.4. The molecule has 102 valence electrons. The van der Waals surface area contributed by atoms with Crippen molar-refractivity contribution in [1.29, 1.82) is 0 Å². The molecular weight excluding hydrogens is 236 g/mol. The minimum atomic E-state index is -0.156. The number of nitrogens with two attached hydrogens (primary N) is 1. The number of nitrogens with zero attached hydrogens (tertiary/aromatic N) is 2. The van der Waals surface area contributed by atoms with Gasteiger partial charge in [-0.1, -0.05) is 0 Å². The predicted molar refractivity (Wildman–Crippen MR) is 66.0 cm³/mol. The van der Waals surface area contributed by atoms with Crippen molar-refractivity contribution in [3.8, 4) is 5.88 Å². The highest BCUT2D eigenvalue weighted by Crippen LogP contribution is 2.21. The first-order chi connectivity index (χ1) is 8.83. The summed E-state index contributed by atoms with van der Waals surface area (Å²) in [4.78, 5) is 8.31. The first kappa shape index (κ1) is 14.8. The molecule has 0 spiro atoms. The largest absolute Gasteiger partial charge is 0.480 e. The lowest BCUT2D eigenvalue weighted by molar-refractivity contribution is 0.0654. The quantitative estimate of drug-likeness (QED) is 0.366. The van der Waals surface area contributed by atoms with Gasteiger partial charge in [0.25, 0.3) is 0 Å². The fourth-order valence-electron chi connectivity index (χ4n) is 1.48. The number of hydrazine groups is 1. The van der Waals surface area contributed by atoms with Crippen molar-refractivity contribution in [1.82, 2.24) is 15.4 Å². The van der Waals surface area contributed by atoms with Gasteiger partial charge >= 0.3 is 0 Å². The molecule has 0 saturated carbocycles. The van der Waals surface area contributed by atoms with Crippen molar-refractivity contribution in [2.45, 2.75) is 12.5 Å². The van der Waals surface area contributed by atoms with Gasteiger partial charge in [-0.3, -0.25) is 16.3 Å². The van der Waals surface area contributed by atoms with Crippen LogP contribution < -0.4 is 16.0 Å². The van der Waals surface area contributed by atoms with Crippen molar-refractivity contribution in [3.05, 3.63) is 18.1 Å². The van der Waals surface area contributed by atoms with Crippen LogP contribution in [-0.4, -0.2) is 44.0 Å². The van der Waals surface area contributed by atoms with E-state index in [2.05, 4.69) is 15.4 Å². The van der Waals surface area contributed by atoms with E-state index in [1.165, 1.54) is 0 Å². The zero-order valence-electron chi connectivity index (χ0n) is 10.8. The summed E-state index contributed by atoms with van der Waals surface area (Å²) < 4.78 is 15.4. The summed E-state index contributed by atoms with van der Waals surface area (Å²) in [5.41, 5.74) is 3.37. The van der Waals surface area contributed by atoms with Gasteiger partial charge in [-0.15, -0.1) is 0 Å². The van der Waals surface area contributed by atoms with E-state index in [0.29, 0.717) is 37.8 Å². The molecule has 1 rings (SSSR count). The molecule has 1 unspecified atom stereocenters. The average Bonchev–Trinajstić information content (AvgIpc) is 2.43. The molecule has 0 aliphatic carbocycles. The molecule has 0 aromatic carbocycles. The number of hydrogen-bond donors (Lipinski definition) is 2. The number of hydrogen-bond acceptors (Lipinski definition) is 7. The summed E-state index contributed by atoms with van der Waals surface area (Å²) in [7, 11) is 3.19. The molecule has 0 radical (unpaired) electrons.